The summed E-state index contributed by atoms with van der Waals surface area (Å²) in [4.78, 5) is 35.5. The number of amides is 1. The van der Waals surface area contributed by atoms with Crippen molar-refractivity contribution in [2.24, 2.45) is 5.73 Å². The lowest BCUT2D eigenvalue weighted by molar-refractivity contribution is -0.120. The summed E-state index contributed by atoms with van der Waals surface area (Å²) in [6.07, 6.45) is 1.64. The minimum atomic E-state index is -1.31. The number of carboxylic acid groups (broad SMARTS) is 1. The molecule has 0 saturated heterocycles. The normalized spacial score (nSPS) is 15.4. The molecule has 2 aromatic rings. The second-order valence-electron chi connectivity index (χ2n) is 6.66. The third-order valence-electron chi connectivity index (χ3n) is 4.48. The van der Waals surface area contributed by atoms with Gasteiger partial charge in [0, 0.05) is 25.3 Å². The highest BCUT2D eigenvalue weighted by Crippen LogP contribution is 2.36. The van der Waals surface area contributed by atoms with Gasteiger partial charge in [0.1, 0.15) is 12.3 Å². The number of nitrogens with two attached hydrogens (primary N) is 1. The maximum absolute atomic E-state index is 12.4. The Morgan fingerprint density at radius 3 is 2.90 bits per heavy atom. The summed E-state index contributed by atoms with van der Waals surface area (Å²) >= 11 is 0. The molecule has 1 aliphatic rings. The Labute approximate surface area is 166 Å². The largest absolute Gasteiger partial charge is 0.535 e. The summed E-state index contributed by atoms with van der Waals surface area (Å²) in [5, 5.41) is 29.5. The molecule has 0 saturated carbocycles. The smallest absolute Gasteiger partial charge is 0.526 e. The standard InChI is InChI=1S/C17H20BN5O6/c19-4-5-20-16(25)14-9-23(22-21-14)8-12(24)7-11-6-10-2-1-3-13(17(26)27)15(10)29-18(11)28/h1-3,9,11,28H,4-8,19H2,(H,20,25)(H,26,27)/t11-/m1/s1. The van der Waals surface area contributed by atoms with Crippen LogP contribution < -0.4 is 15.7 Å². The highest BCUT2D eigenvalue weighted by atomic mass is 16.5. The lowest BCUT2D eigenvalue weighted by atomic mass is 9.64. The summed E-state index contributed by atoms with van der Waals surface area (Å²) in [5.74, 6) is -2.23. The molecule has 1 amide bonds. The number of ketones is 1. The van der Waals surface area contributed by atoms with Crippen molar-refractivity contribution in [2.45, 2.75) is 25.2 Å². The van der Waals surface area contributed by atoms with E-state index < -0.39 is 24.8 Å². The van der Waals surface area contributed by atoms with E-state index in [0.717, 1.165) is 0 Å². The van der Waals surface area contributed by atoms with Crippen LogP contribution >= 0.6 is 0 Å². The summed E-state index contributed by atoms with van der Waals surface area (Å²) in [6.45, 7) is 0.471. The van der Waals surface area contributed by atoms with Gasteiger partial charge in [-0.25, -0.2) is 9.48 Å². The number of Topliss-reactive ketones (excluding diaryl/α,β-unsaturated/α-hetero) is 1. The Kier molecular flexibility index (Phi) is 6.24. The van der Waals surface area contributed by atoms with Crippen LogP contribution in [0, 0.1) is 0 Å². The van der Waals surface area contributed by atoms with Crippen LogP contribution in [0.15, 0.2) is 24.4 Å². The molecule has 5 N–H and O–H groups in total. The number of hydrogen-bond donors (Lipinski definition) is 4. The van der Waals surface area contributed by atoms with E-state index in [0.29, 0.717) is 25.1 Å². The Morgan fingerprint density at radius 1 is 1.38 bits per heavy atom. The van der Waals surface area contributed by atoms with Gasteiger partial charge in [0.15, 0.2) is 11.5 Å². The first-order valence-electron chi connectivity index (χ1n) is 8.99. The van der Waals surface area contributed by atoms with Crippen molar-refractivity contribution in [3.8, 4) is 5.75 Å². The molecule has 11 nitrogen and oxygen atoms in total. The first-order valence-corrected chi connectivity index (χ1v) is 8.99. The topological polar surface area (TPSA) is 170 Å². The number of carbonyl (C=O) groups is 3. The van der Waals surface area contributed by atoms with Crippen molar-refractivity contribution in [2.75, 3.05) is 13.1 Å². The number of rotatable bonds is 8. The lowest BCUT2D eigenvalue weighted by Crippen LogP contribution is -2.36. The Bertz CT molecular complexity index is 933. The van der Waals surface area contributed by atoms with Crippen LogP contribution in [0.3, 0.4) is 0 Å². The highest BCUT2D eigenvalue weighted by molar-refractivity contribution is 6.47. The van der Waals surface area contributed by atoms with Crippen molar-refractivity contribution in [3.05, 3.63) is 41.2 Å². The zero-order chi connectivity index (χ0) is 21.0. The number of benzene rings is 1. The van der Waals surface area contributed by atoms with Gasteiger partial charge in [0.2, 0.25) is 0 Å². The Hall–Kier alpha value is -3.25. The molecule has 152 valence electrons. The second-order valence-corrected chi connectivity index (χ2v) is 6.66. The molecule has 0 fully saturated rings. The van der Waals surface area contributed by atoms with E-state index >= 15 is 0 Å². The van der Waals surface area contributed by atoms with Gasteiger partial charge in [-0.2, -0.15) is 0 Å². The van der Waals surface area contributed by atoms with Gasteiger partial charge in [0.05, 0.1) is 11.8 Å². The van der Waals surface area contributed by atoms with Crippen molar-refractivity contribution in [1.29, 1.82) is 0 Å². The number of para-hydroxylation sites is 1. The van der Waals surface area contributed by atoms with Gasteiger partial charge in [-0.15, -0.1) is 5.10 Å². The van der Waals surface area contributed by atoms with Crippen LogP contribution in [0.25, 0.3) is 0 Å². The first kappa shape index (κ1) is 20.5. The van der Waals surface area contributed by atoms with Gasteiger partial charge in [-0.1, -0.05) is 17.3 Å². The summed E-state index contributed by atoms with van der Waals surface area (Å²) in [7, 11) is -1.31. The van der Waals surface area contributed by atoms with E-state index in [4.69, 9.17) is 10.4 Å². The number of carbonyl (C=O) groups excluding carboxylic acids is 2. The molecule has 0 unspecified atom stereocenters. The number of nitrogens with zero attached hydrogens (tertiary/aromatic N) is 3. The maximum Gasteiger partial charge on any atom is 0.526 e. The van der Waals surface area contributed by atoms with Crippen molar-refractivity contribution >= 4 is 24.8 Å². The molecule has 1 aliphatic heterocycles. The van der Waals surface area contributed by atoms with Crippen LogP contribution in [0.2, 0.25) is 5.82 Å². The average Bonchev–Trinajstić information content (AvgIpc) is 3.14. The van der Waals surface area contributed by atoms with Gasteiger partial charge in [-0.05, 0) is 18.1 Å². The van der Waals surface area contributed by atoms with Gasteiger partial charge in [-0.3, -0.25) is 9.59 Å². The number of aromatic nitrogens is 3. The van der Waals surface area contributed by atoms with Gasteiger partial charge >= 0.3 is 13.1 Å². The van der Waals surface area contributed by atoms with Crippen molar-refractivity contribution in [1.82, 2.24) is 20.3 Å². The quantitative estimate of drug-likeness (QED) is 0.410. The monoisotopic (exact) mass is 401 g/mol. The molecule has 0 radical (unpaired) electrons. The first-order chi connectivity index (χ1) is 13.9. The molecule has 1 aromatic heterocycles. The Balaban J connectivity index is 1.62. The lowest BCUT2D eigenvalue weighted by Gasteiger charge is -2.27. The van der Waals surface area contributed by atoms with E-state index in [1.54, 1.807) is 12.1 Å². The second kappa shape index (κ2) is 8.84. The molecule has 1 atom stereocenters. The molecule has 12 heteroatoms. The number of aromatic carboxylic acids is 1. The van der Waals surface area contributed by atoms with Crippen LogP contribution in [0.5, 0.6) is 5.75 Å². The highest BCUT2D eigenvalue weighted by Gasteiger charge is 2.37. The van der Waals surface area contributed by atoms with Crippen LogP contribution in [0.1, 0.15) is 32.8 Å². The van der Waals surface area contributed by atoms with E-state index in [1.807, 2.05) is 0 Å². The van der Waals surface area contributed by atoms with Crippen LogP contribution in [0.4, 0.5) is 0 Å². The fraction of sp³-hybridized carbons (Fsp3) is 0.353. The number of fused-ring (bicyclic) bond motifs is 1. The molecule has 29 heavy (non-hydrogen) atoms. The van der Waals surface area contributed by atoms with E-state index in [-0.39, 0.29) is 35.8 Å². The molecule has 3 rings (SSSR count). The number of carboxylic acids is 1. The van der Waals surface area contributed by atoms with E-state index in [9.17, 15) is 24.5 Å². The van der Waals surface area contributed by atoms with Gasteiger partial charge in [0.25, 0.3) is 5.91 Å². The summed E-state index contributed by atoms with van der Waals surface area (Å²) < 4.78 is 6.63. The molecule has 0 bridgehead atoms. The Morgan fingerprint density at radius 2 is 2.17 bits per heavy atom. The third-order valence-corrected chi connectivity index (χ3v) is 4.48. The molecular formula is C17H20BN5O6. The van der Waals surface area contributed by atoms with Crippen LogP contribution in [-0.4, -0.2) is 63.0 Å². The minimum Gasteiger partial charge on any atom is -0.535 e. The summed E-state index contributed by atoms with van der Waals surface area (Å²) in [5.41, 5.74) is 5.98. The number of nitrogens with one attached hydrogen (secondary N) is 1. The average molecular weight is 401 g/mol. The third kappa shape index (κ3) is 4.79. The van der Waals surface area contributed by atoms with E-state index in [1.165, 1.54) is 16.9 Å². The van der Waals surface area contributed by atoms with Crippen molar-refractivity contribution < 1.29 is 29.2 Å². The minimum absolute atomic E-state index is 0.00747. The maximum atomic E-state index is 12.4. The molecule has 1 aromatic carbocycles. The number of hydrogen-bond acceptors (Lipinski definition) is 8. The van der Waals surface area contributed by atoms with Gasteiger partial charge < -0.3 is 25.8 Å². The zero-order valence-electron chi connectivity index (χ0n) is 15.4. The predicted molar refractivity (Wildman–Crippen MR) is 100 cm³/mol. The zero-order valence-corrected chi connectivity index (χ0v) is 15.4. The van der Waals surface area contributed by atoms with E-state index in [2.05, 4.69) is 15.6 Å². The fourth-order valence-electron chi connectivity index (χ4n) is 3.12. The fourth-order valence-corrected chi connectivity index (χ4v) is 3.12. The molecule has 2 heterocycles. The van der Waals surface area contributed by atoms with Crippen LogP contribution in [-0.2, 0) is 17.8 Å². The summed E-state index contributed by atoms with van der Waals surface area (Å²) in [6, 6.07) is 4.69. The molecule has 0 aliphatic carbocycles. The molecule has 0 spiro atoms. The molecular weight excluding hydrogens is 381 g/mol. The predicted octanol–water partition coefficient (Wildman–Crippen LogP) is -0.890. The SMILES string of the molecule is NCCNC(=O)c1cn(CC(=O)C[C@H]2Cc3cccc(C(=O)O)c3OB2O)nn1. The van der Waals surface area contributed by atoms with Crippen molar-refractivity contribution in [3.63, 3.8) is 0 Å².